The first-order chi connectivity index (χ1) is 10.4. The first kappa shape index (κ1) is 12.9. The van der Waals surface area contributed by atoms with Crippen LogP contribution in [0.15, 0.2) is 22.9 Å². The normalized spacial score (nSPS) is 25.4. The lowest BCUT2D eigenvalue weighted by Gasteiger charge is -2.11. The third-order valence-corrected chi connectivity index (χ3v) is 4.25. The lowest BCUT2D eigenvalue weighted by Crippen LogP contribution is -2.18. The summed E-state index contributed by atoms with van der Waals surface area (Å²) < 4.78 is 11.1. The van der Waals surface area contributed by atoms with E-state index in [1.165, 1.54) is 12.8 Å². The fourth-order valence-electron chi connectivity index (χ4n) is 2.90. The molecule has 1 saturated heterocycles. The summed E-state index contributed by atoms with van der Waals surface area (Å²) in [6, 6.07) is 3.91. The summed E-state index contributed by atoms with van der Waals surface area (Å²) in [6.45, 7) is 1.27. The Morgan fingerprint density at radius 1 is 1.29 bits per heavy atom. The van der Waals surface area contributed by atoms with Crippen LogP contribution in [0.1, 0.15) is 42.9 Å². The van der Waals surface area contributed by atoms with E-state index in [-0.39, 0.29) is 12.0 Å². The van der Waals surface area contributed by atoms with Gasteiger partial charge in [-0.25, -0.2) is 0 Å². The minimum atomic E-state index is -0.169. The summed E-state index contributed by atoms with van der Waals surface area (Å²) in [6.07, 6.45) is 4.98. The van der Waals surface area contributed by atoms with Crippen LogP contribution in [-0.4, -0.2) is 28.3 Å². The molecule has 0 unspecified atom stereocenters. The maximum absolute atomic E-state index is 5.77. The van der Waals surface area contributed by atoms with Gasteiger partial charge in [0, 0.05) is 30.2 Å². The second-order valence-electron chi connectivity index (χ2n) is 5.74. The molecule has 6 heteroatoms. The van der Waals surface area contributed by atoms with Crippen molar-refractivity contribution in [2.45, 2.75) is 31.3 Å². The van der Waals surface area contributed by atoms with Gasteiger partial charge in [0.25, 0.3) is 5.89 Å². The Balaban J connectivity index is 1.65. The molecule has 4 rings (SSSR count). The van der Waals surface area contributed by atoms with Crippen LogP contribution in [0, 0.1) is 5.92 Å². The molecule has 2 aromatic rings. The second kappa shape index (κ2) is 5.20. The lowest BCUT2D eigenvalue weighted by atomic mass is 10.0. The van der Waals surface area contributed by atoms with Crippen molar-refractivity contribution in [1.29, 1.82) is 0 Å². The van der Waals surface area contributed by atoms with Crippen molar-refractivity contribution < 1.29 is 9.26 Å². The molecule has 0 radical (unpaired) electrons. The van der Waals surface area contributed by atoms with E-state index in [1.807, 2.05) is 18.3 Å². The number of nitrogens with two attached hydrogens (primary N) is 1. The van der Waals surface area contributed by atoms with Gasteiger partial charge in [-0.15, -0.1) is 0 Å². The highest BCUT2D eigenvalue weighted by atomic mass is 16.5. The molecular weight excluding hydrogens is 268 g/mol. The molecule has 1 aliphatic heterocycles. The quantitative estimate of drug-likeness (QED) is 0.925. The van der Waals surface area contributed by atoms with Crippen LogP contribution in [0.5, 0.6) is 0 Å². The molecule has 3 heterocycles. The first-order valence-corrected chi connectivity index (χ1v) is 7.47. The minimum absolute atomic E-state index is 0.169. The van der Waals surface area contributed by atoms with Crippen molar-refractivity contribution in [3.8, 4) is 11.4 Å². The lowest BCUT2D eigenvalue weighted by molar-refractivity contribution is 0.0642. The molecule has 2 fully saturated rings. The van der Waals surface area contributed by atoms with E-state index in [1.54, 1.807) is 0 Å². The number of rotatable bonds is 4. The number of aromatic nitrogens is 3. The zero-order valence-electron chi connectivity index (χ0n) is 11.7. The molecule has 2 N–H and O–H groups in total. The Morgan fingerprint density at radius 2 is 2.19 bits per heavy atom. The predicted octanol–water partition coefficient (Wildman–Crippen LogP) is 2.05. The Bertz CT molecular complexity index is 638. The van der Waals surface area contributed by atoms with E-state index >= 15 is 0 Å². The largest absolute Gasteiger partial charge is 0.368 e. The number of pyridine rings is 1. The topological polar surface area (TPSA) is 87.1 Å². The zero-order valence-corrected chi connectivity index (χ0v) is 11.7. The summed E-state index contributed by atoms with van der Waals surface area (Å²) in [5.41, 5.74) is 7.82. The molecule has 2 aromatic heterocycles. The highest BCUT2D eigenvalue weighted by Gasteiger charge is 2.34. The molecule has 2 aliphatic rings. The van der Waals surface area contributed by atoms with E-state index < -0.39 is 0 Å². The van der Waals surface area contributed by atoms with Gasteiger partial charge >= 0.3 is 0 Å². The molecular formula is C15H18N4O2. The molecule has 0 bridgehead atoms. The van der Waals surface area contributed by atoms with E-state index in [0.717, 1.165) is 17.7 Å². The highest BCUT2D eigenvalue weighted by molar-refractivity contribution is 5.59. The van der Waals surface area contributed by atoms with E-state index in [2.05, 4.69) is 15.1 Å². The average molecular weight is 286 g/mol. The molecule has 110 valence electrons. The van der Waals surface area contributed by atoms with E-state index in [4.69, 9.17) is 15.0 Å². The maximum Gasteiger partial charge on any atom is 0.256 e. The van der Waals surface area contributed by atoms with Crippen LogP contribution >= 0.6 is 0 Å². The summed E-state index contributed by atoms with van der Waals surface area (Å²) in [5, 5.41) is 4.12. The third-order valence-electron chi connectivity index (χ3n) is 4.25. The summed E-state index contributed by atoms with van der Waals surface area (Å²) in [7, 11) is 0. The standard InChI is InChI=1S/C15H18N4O2/c16-8-10-5-7-20-13(10)15-18-14(19-21-15)11-2-1-6-17-12(11)9-3-4-9/h1-2,6,9-10,13H,3-5,7-8,16H2/t10-,13-/m0/s1. The van der Waals surface area contributed by atoms with Crippen molar-refractivity contribution in [1.82, 2.24) is 15.1 Å². The first-order valence-electron chi connectivity index (χ1n) is 7.47. The zero-order chi connectivity index (χ0) is 14.2. The predicted molar refractivity (Wildman–Crippen MR) is 75.4 cm³/mol. The van der Waals surface area contributed by atoms with E-state index in [0.29, 0.717) is 30.8 Å². The smallest absolute Gasteiger partial charge is 0.256 e. The molecule has 21 heavy (non-hydrogen) atoms. The van der Waals surface area contributed by atoms with Gasteiger partial charge in [-0.1, -0.05) is 5.16 Å². The van der Waals surface area contributed by atoms with Crippen LogP contribution < -0.4 is 5.73 Å². The number of hydrogen-bond donors (Lipinski definition) is 1. The van der Waals surface area contributed by atoms with Crippen LogP contribution in [0.2, 0.25) is 0 Å². The van der Waals surface area contributed by atoms with Crippen molar-refractivity contribution in [2.75, 3.05) is 13.2 Å². The van der Waals surface area contributed by atoms with Gasteiger partial charge in [0.2, 0.25) is 5.82 Å². The second-order valence-corrected chi connectivity index (χ2v) is 5.74. The van der Waals surface area contributed by atoms with Crippen molar-refractivity contribution in [2.24, 2.45) is 11.7 Å². The third kappa shape index (κ3) is 2.34. The Kier molecular flexibility index (Phi) is 3.20. The Labute approximate surface area is 122 Å². The van der Waals surface area contributed by atoms with Gasteiger partial charge in [-0.2, -0.15) is 4.98 Å². The van der Waals surface area contributed by atoms with Crippen LogP contribution in [0.25, 0.3) is 11.4 Å². The molecule has 2 atom stereocenters. The summed E-state index contributed by atoms with van der Waals surface area (Å²) in [5.74, 6) is 1.94. The van der Waals surface area contributed by atoms with Crippen molar-refractivity contribution >= 4 is 0 Å². The van der Waals surface area contributed by atoms with Gasteiger partial charge in [0.15, 0.2) is 0 Å². The summed E-state index contributed by atoms with van der Waals surface area (Å²) >= 11 is 0. The van der Waals surface area contributed by atoms with E-state index in [9.17, 15) is 0 Å². The summed E-state index contributed by atoms with van der Waals surface area (Å²) in [4.78, 5) is 9.02. The Morgan fingerprint density at radius 3 is 3.00 bits per heavy atom. The fourth-order valence-corrected chi connectivity index (χ4v) is 2.90. The number of ether oxygens (including phenoxy) is 1. The maximum atomic E-state index is 5.77. The minimum Gasteiger partial charge on any atom is -0.368 e. The van der Waals surface area contributed by atoms with Gasteiger partial charge in [0.05, 0.1) is 5.69 Å². The molecule has 0 amide bonds. The molecule has 1 saturated carbocycles. The van der Waals surface area contributed by atoms with Gasteiger partial charge in [0.1, 0.15) is 6.10 Å². The molecule has 6 nitrogen and oxygen atoms in total. The average Bonchev–Trinajstić information content (AvgIpc) is 3.07. The van der Waals surface area contributed by atoms with Gasteiger partial charge in [-0.3, -0.25) is 4.98 Å². The molecule has 0 aromatic carbocycles. The Hall–Kier alpha value is -1.79. The van der Waals surface area contributed by atoms with Gasteiger partial charge in [-0.05, 0) is 37.9 Å². The molecule has 1 aliphatic carbocycles. The monoisotopic (exact) mass is 286 g/mol. The van der Waals surface area contributed by atoms with Crippen LogP contribution in [0.4, 0.5) is 0 Å². The SMILES string of the molecule is NC[C@@H]1CCO[C@@H]1c1nc(-c2cccnc2C2CC2)no1. The van der Waals surface area contributed by atoms with Gasteiger partial charge < -0.3 is 15.0 Å². The number of hydrogen-bond acceptors (Lipinski definition) is 6. The fraction of sp³-hybridized carbons (Fsp3) is 0.533. The van der Waals surface area contributed by atoms with Crippen molar-refractivity contribution in [3.05, 3.63) is 29.9 Å². The van der Waals surface area contributed by atoms with Crippen LogP contribution in [0.3, 0.4) is 0 Å². The van der Waals surface area contributed by atoms with Crippen molar-refractivity contribution in [3.63, 3.8) is 0 Å². The molecule has 0 spiro atoms. The number of nitrogens with zero attached hydrogens (tertiary/aromatic N) is 3. The van der Waals surface area contributed by atoms with Crippen LogP contribution in [-0.2, 0) is 4.74 Å². The highest BCUT2D eigenvalue weighted by Crippen LogP contribution is 2.43.